The first kappa shape index (κ1) is 9.23. The Labute approximate surface area is 71.2 Å². The molecule has 1 heterocycles. The fourth-order valence-corrected chi connectivity index (χ4v) is 3.79. The molecule has 66 valence electrons. The van der Waals surface area contributed by atoms with E-state index in [-0.39, 0.29) is 0 Å². The lowest BCUT2D eigenvalue weighted by atomic mass is 10.2. The van der Waals surface area contributed by atoms with Crippen LogP contribution in [0.3, 0.4) is 0 Å². The summed E-state index contributed by atoms with van der Waals surface area (Å²) in [4.78, 5) is 0. The highest BCUT2D eigenvalue weighted by atomic mass is 28.3. The fraction of sp³-hybridized carbons (Fsp3) is 1.00. The first-order chi connectivity index (χ1) is 4.91. The Kier molecular flexibility index (Phi) is 2.42. The lowest BCUT2D eigenvalue weighted by Crippen LogP contribution is -2.50. The van der Waals surface area contributed by atoms with E-state index in [2.05, 4.69) is 43.3 Å². The number of nitrogens with zero attached hydrogens (tertiary/aromatic N) is 2. The quantitative estimate of drug-likeness (QED) is 0.555. The summed E-state index contributed by atoms with van der Waals surface area (Å²) in [5.41, 5.74) is 0. The maximum atomic E-state index is 2.58. The van der Waals surface area contributed by atoms with E-state index in [0.717, 1.165) is 5.92 Å². The normalized spacial score (nSPS) is 29.7. The molecule has 0 aromatic heterocycles. The van der Waals surface area contributed by atoms with Crippen molar-refractivity contribution < 1.29 is 0 Å². The third-order valence-electron chi connectivity index (χ3n) is 2.25. The molecule has 0 aromatic carbocycles. The summed E-state index contributed by atoms with van der Waals surface area (Å²) in [7, 11) is 1.14. The first-order valence-corrected chi connectivity index (χ1v) is 7.84. The molecule has 1 aliphatic rings. The maximum Gasteiger partial charge on any atom is 0.137 e. The van der Waals surface area contributed by atoms with Crippen molar-refractivity contribution in [1.29, 1.82) is 0 Å². The zero-order valence-corrected chi connectivity index (χ0v) is 9.39. The van der Waals surface area contributed by atoms with E-state index in [9.17, 15) is 0 Å². The Morgan fingerprint density at radius 2 is 1.73 bits per heavy atom. The van der Waals surface area contributed by atoms with Crippen LogP contribution in [0.1, 0.15) is 6.92 Å². The van der Waals surface area contributed by atoms with Gasteiger partial charge in [-0.15, -0.1) is 0 Å². The second kappa shape index (κ2) is 2.88. The van der Waals surface area contributed by atoms with Crippen LogP contribution in [0.2, 0.25) is 19.6 Å². The highest BCUT2D eigenvalue weighted by molar-refractivity contribution is 6.73. The molecule has 1 saturated heterocycles. The van der Waals surface area contributed by atoms with Crippen LogP contribution in [-0.4, -0.2) is 38.1 Å². The smallest absolute Gasteiger partial charge is 0.137 e. The van der Waals surface area contributed by atoms with Gasteiger partial charge < -0.3 is 0 Å². The van der Waals surface area contributed by atoms with Crippen molar-refractivity contribution >= 4 is 8.24 Å². The van der Waals surface area contributed by atoms with Crippen LogP contribution in [0.15, 0.2) is 0 Å². The predicted molar refractivity (Wildman–Crippen MR) is 51.8 cm³/mol. The molecule has 0 aromatic rings. The maximum absolute atomic E-state index is 2.58. The molecule has 1 rings (SSSR count). The number of hydrogen-bond acceptors (Lipinski definition) is 2. The molecule has 3 heteroatoms. The first-order valence-electron chi connectivity index (χ1n) is 4.40. The minimum atomic E-state index is -1.07. The summed E-state index contributed by atoms with van der Waals surface area (Å²) < 4.78 is 2.58. The van der Waals surface area contributed by atoms with E-state index >= 15 is 0 Å². The van der Waals surface area contributed by atoms with Gasteiger partial charge in [-0.25, -0.2) is 0 Å². The molecular weight excluding hydrogens is 152 g/mol. The predicted octanol–water partition coefficient (Wildman–Crippen LogP) is 1.62. The van der Waals surface area contributed by atoms with Crippen LogP contribution < -0.4 is 0 Å². The zero-order chi connectivity index (χ0) is 8.65. The van der Waals surface area contributed by atoms with E-state index in [4.69, 9.17) is 0 Å². The Morgan fingerprint density at radius 3 is 1.91 bits per heavy atom. The van der Waals surface area contributed by atoms with Crippen molar-refractivity contribution in [2.75, 3.05) is 20.1 Å². The van der Waals surface area contributed by atoms with Crippen molar-refractivity contribution in [3.8, 4) is 0 Å². The summed E-state index contributed by atoms with van der Waals surface area (Å²) >= 11 is 0. The molecule has 0 N–H and O–H groups in total. The molecule has 1 unspecified atom stereocenters. The van der Waals surface area contributed by atoms with E-state index in [0.29, 0.717) is 0 Å². The molecule has 0 saturated carbocycles. The highest BCUT2D eigenvalue weighted by Crippen LogP contribution is 2.20. The van der Waals surface area contributed by atoms with E-state index in [1.165, 1.54) is 13.1 Å². The summed E-state index contributed by atoms with van der Waals surface area (Å²) in [6.07, 6.45) is 0. The molecule has 0 spiro atoms. The molecule has 0 bridgehead atoms. The van der Waals surface area contributed by atoms with Gasteiger partial charge in [-0.1, -0.05) is 26.6 Å². The third-order valence-corrected chi connectivity index (χ3v) is 4.32. The van der Waals surface area contributed by atoms with Gasteiger partial charge in [0, 0.05) is 20.1 Å². The standard InChI is InChI=1S/C8H20N2Si/c1-8-6-9(2)10(7-8)11(3,4)5/h8H,6-7H2,1-5H3. The fourth-order valence-electron chi connectivity index (χ4n) is 1.83. The van der Waals surface area contributed by atoms with Crippen molar-refractivity contribution in [2.24, 2.45) is 5.92 Å². The number of hydrogen-bond donors (Lipinski definition) is 0. The Bertz CT molecular complexity index is 142. The third kappa shape index (κ3) is 2.04. The van der Waals surface area contributed by atoms with Gasteiger partial charge >= 0.3 is 0 Å². The van der Waals surface area contributed by atoms with Crippen molar-refractivity contribution in [3.05, 3.63) is 0 Å². The second-order valence-electron chi connectivity index (χ2n) is 4.70. The lowest BCUT2D eigenvalue weighted by molar-refractivity contribution is 0.148. The molecule has 11 heavy (non-hydrogen) atoms. The van der Waals surface area contributed by atoms with Gasteiger partial charge in [-0.3, -0.25) is 9.68 Å². The van der Waals surface area contributed by atoms with Crippen molar-refractivity contribution in [3.63, 3.8) is 0 Å². The average Bonchev–Trinajstić information content (AvgIpc) is 2.08. The second-order valence-corrected chi connectivity index (χ2v) is 9.56. The van der Waals surface area contributed by atoms with Gasteiger partial charge in [0.1, 0.15) is 8.24 Å². The van der Waals surface area contributed by atoms with Crippen molar-refractivity contribution in [1.82, 2.24) is 9.68 Å². The van der Waals surface area contributed by atoms with Crippen LogP contribution >= 0.6 is 0 Å². The van der Waals surface area contributed by atoms with Crippen LogP contribution in [0.25, 0.3) is 0 Å². The van der Waals surface area contributed by atoms with Gasteiger partial charge in [0.15, 0.2) is 0 Å². The Balaban J connectivity index is 2.60. The van der Waals surface area contributed by atoms with Gasteiger partial charge in [-0.05, 0) is 5.92 Å². The van der Waals surface area contributed by atoms with E-state index in [1.807, 2.05) is 0 Å². The average molecular weight is 172 g/mol. The van der Waals surface area contributed by atoms with Crippen LogP contribution in [0.4, 0.5) is 0 Å². The molecule has 1 atom stereocenters. The minimum absolute atomic E-state index is 0.853. The number of rotatable bonds is 1. The Morgan fingerprint density at radius 1 is 1.18 bits per heavy atom. The van der Waals surface area contributed by atoms with Crippen molar-refractivity contribution in [2.45, 2.75) is 26.6 Å². The van der Waals surface area contributed by atoms with Crippen LogP contribution in [0, 0.1) is 5.92 Å². The highest BCUT2D eigenvalue weighted by Gasteiger charge is 2.33. The SMILES string of the molecule is CC1CN(C)N([Si](C)(C)C)C1. The molecule has 2 nitrogen and oxygen atoms in total. The van der Waals surface area contributed by atoms with Gasteiger partial charge in [0.2, 0.25) is 0 Å². The van der Waals surface area contributed by atoms with Crippen LogP contribution in [-0.2, 0) is 0 Å². The lowest BCUT2D eigenvalue weighted by Gasteiger charge is -2.35. The molecule has 0 amide bonds. The van der Waals surface area contributed by atoms with Gasteiger partial charge in [-0.2, -0.15) is 0 Å². The van der Waals surface area contributed by atoms with E-state index in [1.54, 1.807) is 0 Å². The largest absolute Gasteiger partial charge is 0.264 e. The summed E-state index contributed by atoms with van der Waals surface area (Å²) in [5.74, 6) is 0.853. The van der Waals surface area contributed by atoms with Gasteiger partial charge in [0.25, 0.3) is 0 Å². The summed E-state index contributed by atoms with van der Waals surface area (Å²) in [5, 5.41) is 2.40. The monoisotopic (exact) mass is 172 g/mol. The molecule has 0 radical (unpaired) electrons. The molecular formula is C8H20N2Si. The number of hydrazine groups is 1. The van der Waals surface area contributed by atoms with E-state index < -0.39 is 8.24 Å². The summed E-state index contributed by atoms with van der Waals surface area (Å²) in [6.45, 7) is 12.1. The minimum Gasteiger partial charge on any atom is -0.264 e. The zero-order valence-electron chi connectivity index (χ0n) is 8.39. The van der Waals surface area contributed by atoms with Gasteiger partial charge in [0.05, 0.1) is 0 Å². The molecule has 1 aliphatic heterocycles. The summed E-state index contributed by atoms with van der Waals surface area (Å²) in [6, 6.07) is 0. The van der Waals surface area contributed by atoms with Crippen LogP contribution in [0.5, 0.6) is 0 Å². The molecule has 0 aliphatic carbocycles. The molecule has 1 fully saturated rings. The Hall–Kier alpha value is 0.137. The topological polar surface area (TPSA) is 6.48 Å².